The number of aromatic hydroxyl groups is 2. The van der Waals surface area contributed by atoms with Crippen molar-refractivity contribution in [3.63, 3.8) is 0 Å². The highest BCUT2D eigenvalue weighted by atomic mass is 32.1. The van der Waals surface area contributed by atoms with E-state index >= 15 is 0 Å². The summed E-state index contributed by atoms with van der Waals surface area (Å²) in [5, 5.41) is 33.5. The van der Waals surface area contributed by atoms with Crippen LogP contribution in [0.25, 0.3) is 0 Å². The van der Waals surface area contributed by atoms with Crippen molar-refractivity contribution in [3.8, 4) is 17.2 Å². The van der Waals surface area contributed by atoms with Gasteiger partial charge in [-0.15, -0.1) is 0 Å². The van der Waals surface area contributed by atoms with Crippen molar-refractivity contribution in [2.75, 3.05) is 7.11 Å². The molecule has 0 aromatic heterocycles. The molecule has 2 atom stereocenters. The van der Waals surface area contributed by atoms with Crippen LogP contribution in [0.4, 0.5) is 0 Å². The van der Waals surface area contributed by atoms with Gasteiger partial charge in [-0.05, 0) is 30.2 Å². The normalized spacial score (nSPS) is 20.5. The maximum absolute atomic E-state index is 13.1. The van der Waals surface area contributed by atoms with E-state index in [0.717, 1.165) is 0 Å². The summed E-state index contributed by atoms with van der Waals surface area (Å²) in [5.74, 6) is -2.04. The third kappa shape index (κ3) is 2.32. The van der Waals surface area contributed by atoms with Gasteiger partial charge in [0.1, 0.15) is 17.2 Å². The van der Waals surface area contributed by atoms with Crippen LogP contribution in [0.15, 0.2) is 18.2 Å². The number of methoxy groups -OCH3 is 1. The molecule has 2 aromatic rings. The second-order valence-corrected chi connectivity index (χ2v) is 7.00. The number of fused-ring (bicyclic) bond motifs is 3. The van der Waals surface area contributed by atoms with E-state index in [-0.39, 0.29) is 63.6 Å². The number of benzene rings is 2. The first-order chi connectivity index (χ1) is 12.9. The molecular formula is C20H16O6S. The lowest BCUT2D eigenvalue weighted by Gasteiger charge is -2.31. The molecule has 0 bridgehead atoms. The molecule has 2 aromatic carbocycles. The Balaban J connectivity index is 2.05. The van der Waals surface area contributed by atoms with E-state index in [2.05, 4.69) is 0 Å². The molecule has 0 aliphatic heterocycles. The number of ether oxygens (including phenoxy) is 1. The second kappa shape index (κ2) is 6.14. The maximum Gasteiger partial charge on any atom is 0.202 e. The highest BCUT2D eigenvalue weighted by molar-refractivity contribution is 7.79. The molecule has 27 heavy (non-hydrogen) atoms. The Labute approximate surface area is 160 Å². The fourth-order valence-corrected chi connectivity index (χ4v) is 4.25. The first-order valence-electron chi connectivity index (χ1n) is 8.41. The van der Waals surface area contributed by atoms with Crippen molar-refractivity contribution in [2.24, 2.45) is 5.92 Å². The summed E-state index contributed by atoms with van der Waals surface area (Å²) in [5.41, 5.74) is -0.0665. The van der Waals surface area contributed by atoms with Gasteiger partial charge in [-0.3, -0.25) is 9.59 Å². The van der Waals surface area contributed by atoms with Gasteiger partial charge >= 0.3 is 0 Å². The van der Waals surface area contributed by atoms with Crippen LogP contribution < -0.4 is 4.74 Å². The molecule has 0 radical (unpaired) electrons. The van der Waals surface area contributed by atoms with Gasteiger partial charge in [0.25, 0.3) is 0 Å². The highest BCUT2D eigenvalue weighted by Crippen LogP contribution is 2.49. The van der Waals surface area contributed by atoms with Crippen LogP contribution in [0, 0.1) is 5.92 Å². The monoisotopic (exact) mass is 384 g/mol. The van der Waals surface area contributed by atoms with Crippen molar-refractivity contribution >= 4 is 29.2 Å². The van der Waals surface area contributed by atoms with Crippen LogP contribution in [-0.4, -0.2) is 39.4 Å². The molecule has 0 fully saturated rings. The van der Waals surface area contributed by atoms with E-state index in [9.17, 15) is 24.9 Å². The average molecular weight is 384 g/mol. The van der Waals surface area contributed by atoms with Gasteiger partial charge in [-0.25, -0.2) is 0 Å². The van der Waals surface area contributed by atoms with Gasteiger partial charge in [-0.2, -0.15) is 0 Å². The topological polar surface area (TPSA) is 104 Å². The smallest absolute Gasteiger partial charge is 0.202 e. The number of hydrogen-bond acceptors (Lipinski definition) is 7. The summed E-state index contributed by atoms with van der Waals surface area (Å²) in [4.78, 5) is 26.2. The Morgan fingerprint density at radius 1 is 1.11 bits per heavy atom. The Kier molecular flexibility index (Phi) is 4.01. The van der Waals surface area contributed by atoms with Gasteiger partial charge in [0.05, 0.1) is 29.9 Å². The zero-order chi connectivity index (χ0) is 19.5. The summed E-state index contributed by atoms with van der Waals surface area (Å²) in [7, 11) is 1.38. The number of carbonyl (C=O) groups excluding carboxylic acids is 2. The minimum absolute atomic E-state index is 0.0363. The molecule has 2 unspecified atom stereocenters. The van der Waals surface area contributed by atoms with Crippen LogP contribution in [-0.2, 0) is 6.42 Å². The predicted molar refractivity (Wildman–Crippen MR) is 100 cm³/mol. The summed E-state index contributed by atoms with van der Waals surface area (Å²) in [6, 6.07) is 4.60. The molecule has 0 spiro atoms. The zero-order valence-electron chi connectivity index (χ0n) is 14.4. The number of phenols is 2. The Hall–Kier alpha value is -2.77. The van der Waals surface area contributed by atoms with Gasteiger partial charge in [-0.1, -0.05) is 24.4 Å². The van der Waals surface area contributed by atoms with Crippen molar-refractivity contribution < 1.29 is 29.6 Å². The standard InChI is InChI=1S/C20H16O6S/c1-26-12-4-2-3-9-14(12)20(25)16-15(17(9)22)18(23)10-5-8(7-27)6-11(21)13(10)19(16)24/h2-4,7-8,11,21,23-24H,5-6H2,1H3. The molecule has 0 saturated carbocycles. The first kappa shape index (κ1) is 17.6. The Morgan fingerprint density at radius 2 is 1.81 bits per heavy atom. The molecule has 0 saturated heterocycles. The molecule has 0 amide bonds. The van der Waals surface area contributed by atoms with E-state index in [1.165, 1.54) is 18.5 Å². The third-order valence-corrected chi connectivity index (χ3v) is 5.66. The van der Waals surface area contributed by atoms with Crippen molar-refractivity contribution in [1.29, 1.82) is 0 Å². The number of aliphatic hydroxyl groups excluding tert-OH is 1. The van der Waals surface area contributed by atoms with Gasteiger partial charge in [0.2, 0.25) is 5.78 Å². The zero-order valence-corrected chi connectivity index (χ0v) is 15.2. The van der Waals surface area contributed by atoms with Crippen molar-refractivity contribution in [1.82, 2.24) is 0 Å². The fourth-order valence-electron chi connectivity index (χ4n) is 4.04. The van der Waals surface area contributed by atoms with E-state index in [1.54, 1.807) is 12.1 Å². The molecule has 138 valence electrons. The fraction of sp³-hybridized carbons (Fsp3) is 0.250. The molecule has 6 nitrogen and oxygen atoms in total. The van der Waals surface area contributed by atoms with E-state index < -0.39 is 23.4 Å². The van der Waals surface area contributed by atoms with E-state index in [1.807, 2.05) is 0 Å². The average Bonchev–Trinajstić information content (AvgIpc) is 2.67. The van der Waals surface area contributed by atoms with Crippen LogP contribution in [0.5, 0.6) is 17.2 Å². The minimum Gasteiger partial charge on any atom is -0.507 e. The summed E-state index contributed by atoms with van der Waals surface area (Å²) < 4.78 is 5.20. The van der Waals surface area contributed by atoms with Crippen LogP contribution in [0.2, 0.25) is 0 Å². The molecule has 7 heteroatoms. The van der Waals surface area contributed by atoms with Gasteiger partial charge < -0.3 is 20.1 Å². The molecular weight excluding hydrogens is 368 g/mol. The summed E-state index contributed by atoms with van der Waals surface area (Å²) >= 11 is 4.96. The molecule has 3 N–H and O–H groups in total. The lowest BCUT2D eigenvalue weighted by Crippen LogP contribution is -2.26. The number of rotatable bonds is 2. The van der Waals surface area contributed by atoms with Crippen molar-refractivity contribution in [2.45, 2.75) is 18.9 Å². The van der Waals surface area contributed by atoms with Gasteiger partial charge in [0, 0.05) is 16.7 Å². The largest absolute Gasteiger partial charge is 0.507 e. The third-order valence-electron chi connectivity index (χ3n) is 5.28. The maximum atomic E-state index is 13.1. The number of hydrogen-bond donors (Lipinski definition) is 3. The number of carbonyl (C=O) groups is 2. The van der Waals surface area contributed by atoms with Crippen LogP contribution >= 0.6 is 12.2 Å². The summed E-state index contributed by atoms with van der Waals surface area (Å²) in [6.45, 7) is 0. The molecule has 0 heterocycles. The minimum atomic E-state index is -1.10. The SMILES string of the molecule is COc1cccc2c1C(=O)c1c(O)c3c(c(O)c1C2=O)CC(C=S)CC3O. The number of thiocarbonyl (C=S) groups is 1. The second-order valence-electron chi connectivity index (χ2n) is 6.73. The van der Waals surface area contributed by atoms with E-state index in [0.29, 0.717) is 0 Å². The predicted octanol–water partition coefficient (Wildman–Crippen LogP) is 2.48. The number of phenolic OH excluding ortho intramolecular Hbond substituents is 2. The highest BCUT2D eigenvalue weighted by Gasteiger charge is 2.41. The lowest BCUT2D eigenvalue weighted by atomic mass is 9.75. The Morgan fingerprint density at radius 3 is 2.48 bits per heavy atom. The lowest BCUT2D eigenvalue weighted by molar-refractivity contribution is 0.0968. The quantitative estimate of drug-likeness (QED) is 0.461. The van der Waals surface area contributed by atoms with Gasteiger partial charge in [0.15, 0.2) is 5.78 Å². The summed E-state index contributed by atoms with van der Waals surface area (Å²) in [6.07, 6.45) is -0.560. The molecule has 2 aliphatic carbocycles. The van der Waals surface area contributed by atoms with Crippen LogP contribution in [0.1, 0.15) is 55.5 Å². The van der Waals surface area contributed by atoms with Crippen molar-refractivity contribution in [3.05, 3.63) is 51.6 Å². The number of ketones is 2. The molecule has 2 aliphatic rings. The van der Waals surface area contributed by atoms with E-state index in [4.69, 9.17) is 17.0 Å². The number of aliphatic hydroxyl groups is 1. The molecule has 4 rings (SSSR count). The van der Waals surface area contributed by atoms with Crippen LogP contribution in [0.3, 0.4) is 0 Å². The first-order valence-corrected chi connectivity index (χ1v) is 8.88. The Bertz CT molecular complexity index is 1030.